The molecule has 0 nitrogen and oxygen atoms in total. The van der Waals surface area contributed by atoms with Crippen LogP contribution in [0.2, 0.25) is 5.02 Å². The molecule has 0 radical (unpaired) electrons. The first-order chi connectivity index (χ1) is 9.38. The Morgan fingerprint density at radius 3 is 2.40 bits per heavy atom. The predicted octanol–water partition coefficient (Wildman–Crippen LogP) is 6.04. The molecule has 0 aliphatic carbocycles. The first-order valence-electron chi connectivity index (χ1n) is 5.92. The van der Waals surface area contributed by atoms with Gasteiger partial charge in [0.2, 0.25) is 0 Å². The highest BCUT2D eigenvalue weighted by Gasteiger charge is 2.34. The van der Waals surface area contributed by atoms with Gasteiger partial charge in [-0.05, 0) is 35.7 Å². The van der Waals surface area contributed by atoms with E-state index in [1.165, 1.54) is 12.1 Å². The molecule has 0 amide bonds. The van der Waals surface area contributed by atoms with Crippen LogP contribution in [-0.4, -0.2) is 0 Å². The summed E-state index contributed by atoms with van der Waals surface area (Å²) in [5, 5.41) is 0.575. The molecule has 1 atom stereocenters. The molecule has 1 unspecified atom stereocenters. The molecule has 5 heteroatoms. The summed E-state index contributed by atoms with van der Waals surface area (Å²) in [6, 6.07) is 12.7. The van der Waals surface area contributed by atoms with Crippen molar-refractivity contribution in [2.45, 2.75) is 17.4 Å². The summed E-state index contributed by atoms with van der Waals surface area (Å²) >= 11 is 9.23. The number of hydrogen-bond donors (Lipinski definition) is 0. The third-order valence-corrected chi connectivity index (χ3v) is 3.96. The van der Waals surface area contributed by atoms with E-state index < -0.39 is 16.6 Å². The van der Waals surface area contributed by atoms with E-state index in [0.717, 1.165) is 11.6 Å². The lowest BCUT2D eigenvalue weighted by Gasteiger charge is -2.17. The largest absolute Gasteiger partial charge is 0.416 e. The average Bonchev–Trinajstić information content (AvgIpc) is 2.37. The Morgan fingerprint density at radius 2 is 1.75 bits per heavy atom. The molecule has 2 aromatic carbocycles. The summed E-state index contributed by atoms with van der Waals surface area (Å²) < 4.78 is 38.9. The second kappa shape index (κ2) is 6.19. The average molecular weight is 364 g/mol. The Morgan fingerprint density at radius 1 is 1.05 bits per heavy atom. The van der Waals surface area contributed by atoms with Gasteiger partial charge in [0.15, 0.2) is 0 Å². The molecule has 0 aromatic heterocycles. The van der Waals surface area contributed by atoms with Crippen LogP contribution in [0.4, 0.5) is 13.2 Å². The van der Waals surface area contributed by atoms with Gasteiger partial charge in [0.05, 0.1) is 5.56 Å². The highest BCUT2D eigenvalue weighted by atomic mass is 79.9. The summed E-state index contributed by atoms with van der Waals surface area (Å²) in [5.41, 5.74) is 0.514. The monoisotopic (exact) mass is 362 g/mol. The molecule has 2 rings (SSSR count). The Balaban J connectivity index is 2.28. The Bertz CT molecular complexity index is 596. The molecule has 0 heterocycles. The van der Waals surface area contributed by atoms with Crippen molar-refractivity contribution < 1.29 is 13.2 Å². The lowest BCUT2D eigenvalue weighted by atomic mass is 9.99. The van der Waals surface area contributed by atoms with Gasteiger partial charge in [-0.15, -0.1) is 0 Å². The summed E-state index contributed by atoms with van der Waals surface area (Å²) in [6.07, 6.45) is -3.91. The van der Waals surface area contributed by atoms with Crippen molar-refractivity contribution in [2.24, 2.45) is 0 Å². The number of alkyl halides is 4. The molecule has 0 N–H and O–H groups in total. The van der Waals surface area contributed by atoms with Crippen molar-refractivity contribution in [3.05, 3.63) is 70.2 Å². The van der Waals surface area contributed by atoms with E-state index in [2.05, 4.69) is 15.9 Å². The van der Waals surface area contributed by atoms with Gasteiger partial charge in [-0.2, -0.15) is 13.2 Å². The zero-order chi connectivity index (χ0) is 14.8. The summed E-state index contributed by atoms with van der Waals surface area (Å²) in [4.78, 5) is -0.418. The minimum Gasteiger partial charge on any atom is -0.166 e. The minimum absolute atomic E-state index is 0.236. The van der Waals surface area contributed by atoms with Crippen LogP contribution in [0.25, 0.3) is 0 Å². The third kappa shape index (κ3) is 3.76. The van der Waals surface area contributed by atoms with Crippen molar-refractivity contribution >= 4 is 27.5 Å². The van der Waals surface area contributed by atoms with Gasteiger partial charge >= 0.3 is 6.18 Å². The lowest BCUT2D eigenvalue weighted by Crippen LogP contribution is -2.10. The van der Waals surface area contributed by atoms with Crippen LogP contribution in [0.15, 0.2) is 48.5 Å². The van der Waals surface area contributed by atoms with E-state index in [1.807, 2.05) is 6.07 Å². The molecule has 0 aliphatic rings. The third-order valence-electron chi connectivity index (χ3n) is 2.91. The van der Waals surface area contributed by atoms with Crippen molar-refractivity contribution in [2.75, 3.05) is 0 Å². The molecule has 0 spiro atoms. The summed E-state index contributed by atoms with van der Waals surface area (Å²) in [7, 11) is 0. The van der Waals surface area contributed by atoms with Gasteiger partial charge < -0.3 is 0 Å². The van der Waals surface area contributed by atoms with E-state index >= 15 is 0 Å². The number of halogens is 5. The van der Waals surface area contributed by atoms with Gasteiger partial charge in [-0.25, -0.2) is 0 Å². The van der Waals surface area contributed by atoms with Gasteiger partial charge in [0.1, 0.15) is 0 Å². The number of rotatable bonds is 3. The van der Waals surface area contributed by atoms with E-state index in [0.29, 0.717) is 11.4 Å². The number of benzene rings is 2. The van der Waals surface area contributed by atoms with Gasteiger partial charge in [-0.1, -0.05) is 57.9 Å². The minimum atomic E-state index is -4.35. The normalized spacial score (nSPS) is 13.2. The fraction of sp³-hybridized carbons (Fsp3) is 0.200. The van der Waals surface area contributed by atoms with Gasteiger partial charge in [0, 0.05) is 9.85 Å². The van der Waals surface area contributed by atoms with Crippen LogP contribution < -0.4 is 0 Å². The predicted molar refractivity (Wildman–Crippen MR) is 78.3 cm³/mol. The lowest BCUT2D eigenvalue weighted by molar-refractivity contribution is -0.138. The molecular formula is C15H11BrClF3. The molecule has 20 heavy (non-hydrogen) atoms. The topological polar surface area (TPSA) is 0 Å². The Kier molecular flexibility index (Phi) is 4.76. The molecule has 0 aliphatic heterocycles. The number of hydrogen-bond acceptors (Lipinski definition) is 0. The maximum absolute atomic E-state index is 13.0. The molecule has 0 bridgehead atoms. The Labute approximate surface area is 128 Å². The first-order valence-corrected chi connectivity index (χ1v) is 7.22. The highest BCUT2D eigenvalue weighted by Crippen LogP contribution is 2.38. The summed E-state index contributed by atoms with van der Waals surface area (Å²) in [5.74, 6) is 0. The van der Waals surface area contributed by atoms with Crippen LogP contribution in [0.5, 0.6) is 0 Å². The molecule has 106 valence electrons. The Hall–Kier alpha value is -1.00. The SMILES string of the molecule is FC(F)(F)c1ccccc1C(Br)Cc1cccc(Cl)c1. The quantitative estimate of drug-likeness (QED) is 0.583. The van der Waals surface area contributed by atoms with Crippen molar-refractivity contribution in [1.82, 2.24) is 0 Å². The second-order valence-electron chi connectivity index (χ2n) is 4.39. The molecule has 0 saturated heterocycles. The van der Waals surface area contributed by atoms with Crippen LogP contribution >= 0.6 is 27.5 Å². The smallest absolute Gasteiger partial charge is 0.166 e. The maximum atomic E-state index is 13.0. The molecule has 0 saturated carbocycles. The molecular weight excluding hydrogens is 353 g/mol. The van der Waals surface area contributed by atoms with Crippen LogP contribution in [0.1, 0.15) is 21.5 Å². The van der Waals surface area contributed by atoms with Crippen LogP contribution in [0.3, 0.4) is 0 Å². The fourth-order valence-corrected chi connectivity index (χ4v) is 3.00. The highest BCUT2D eigenvalue weighted by molar-refractivity contribution is 9.09. The zero-order valence-electron chi connectivity index (χ0n) is 10.3. The van der Waals surface area contributed by atoms with E-state index in [4.69, 9.17) is 11.6 Å². The van der Waals surface area contributed by atoms with Crippen molar-refractivity contribution in [1.29, 1.82) is 0 Å². The standard InChI is InChI=1S/C15H11BrClF3/c16-14(9-10-4-3-5-11(17)8-10)12-6-1-2-7-13(12)15(18,19)20/h1-8,14H,9H2. The van der Waals surface area contributed by atoms with E-state index in [9.17, 15) is 13.2 Å². The molecule has 0 fully saturated rings. The van der Waals surface area contributed by atoms with Crippen LogP contribution in [-0.2, 0) is 12.6 Å². The second-order valence-corrected chi connectivity index (χ2v) is 5.93. The maximum Gasteiger partial charge on any atom is 0.416 e. The fourth-order valence-electron chi connectivity index (χ4n) is 2.01. The van der Waals surface area contributed by atoms with Gasteiger partial charge in [-0.3, -0.25) is 0 Å². The van der Waals surface area contributed by atoms with Crippen LogP contribution in [0, 0.1) is 0 Å². The first kappa shape index (κ1) is 15.4. The van der Waals surface area contributed by atoms with E-state index in [-0.39, 0.29) is 5.56 Å². The molecule has 2 aromatic rings. The van der Waals surface area contributed by atoms with Gasteiger partial charge in [0.25, 0.3) is 0 Å². The zero-order valence-corrected chi connectivity index (χ0v) is 12.6. The van der Waals surface area contributed by atoms with Crippen molar-refractivity contribution in [3.63, 3.8) is 0 Å². The summed E-state index contributed by atoms with van der Waals surface area (Å²) in [6.45, 7) is 0. The van der Waals surface area contributed by atoms with Crippen molar-refractivity contribution in [3.8, 4) is 0 Å². The van der Waals surface area contributed by atoms with E-state index in [1.54, 1.807) is 24.3 Å².